The fraction of sp³-hybridized carbons (Fsp3) is 0.292. The molecule has 0 heterocycles. The van der Waals surface area contributed by atoms with Crippen molar-refractivity contribution in [2.45, 2.75) is 38.3 Å². The number of esters is 1. The third kappa shape index (κ3) is 7.97. The van der Waals surface area contributed by atoms with Crippen molar-refractivity contribution in [1.82, 2.24) is 10.6 Å². The van der Waals surface area contributed by atoms with Crippen molar-refractivity contribution >= 4 is 24.0 Å². The quantitative estimate of drug-likeness (QED) is 0.501. The number of benzene rings is 2. The molecule has 3 amide bonds. The molecule has 0 radical (unpaired) electrons. The van der Waals surface area contributed by atoms with Crippen molar-refractivity contribution in [3.63, 3.8) is 0 Å². The number of carbonyl (C=O) groups excluding carboxylic acids is 3. The summed E-state index contributed by atoms with van der Waals surface area (Å²) in [6, 6.07) is 16.6. The molecule has 0 bridgehead atoms. The van der Waals surface area contributed by atoms with Gasteiger partial charge in [-0.2, -0.15) is 0 Å². The van der Waals surface area contributed by atoms with Crippen LogP contribution in [-0.4, -0.2) is 30.6 Å². The molecule has 3 rings (SSSR count). The first-order valence-corrected chi connectivity index (χ1v) is 10.3. The molecule has 1 aliphatic carbocycles. The van der Waals surface area contributed by atoms with Crippen LogP contribution >= 0.6 is 0 Å². The molecule has 31 heavy (non-hydrogen) atoms. The first-order chi connectivity index (χ1) is 15.1. The molecule has 0 saturated heterocycles. The van der Waals surface area contributed by atoms with Crippen molar-refractivity contribution < 1.29 is 23.9 Å². The molecule has 0 aliphatic heterocycles. The molecule has 2 aromatic rings. The van der Waals surface area contributed by atoms with Crippen LogP contribution in [0.2, 0.25) is 0 Å². The first-order valence-electron chi connectivity index (χ1n) is 10.3. The fourth-order valence-electron chi connectivity index (χ4n) is 3.22. The minimum absolute atomic E-state index is 0.105. The van der Waals surface area contributed by atoms with Crippen LogP contribution in [0.25, 0.3) is 6.08 Å². The van der Waals surface area contributed by atoms with Crippen LogP contribution in [0.1, 0.15) is 36.8 Å². The molecule has 162 valence electrons. The van der Waals surface area contributed by atoms with Crippen LogP contribution in [0.15, 0.2) is 60.7 Å². The van der Waals surface area contributed by atoms with Crippen LogP contribution in [0.4, 0.5) is 4.79 Å². The van der Waals surface area contributed by atoms with E-state index < -0.39 is 24.5 Å². The van der Waals surface area contributed by atoms with E-state index in [4.69, 9.17) is 9.47 Å². The summed E-state index contributed by atoms with van der Waals surface area (Å²) in [5.74, 6) is -0.621. The van der Waals surface area contributed by atoms with Gasteiger partial charge in [0.15, 0.2) is 6.61 Å². The lowest BCUT2D eigenvalue weighted by atomic mass is 10.2. The largest absolute Gasteiger partial charge is 0.489 e. The van der Waals surface area contributed by atoms with Gasteiger partial charge in [0.2, 0.25) is 0 Å². The van der Waals surface area contributed by atoms with Crippen LogP contribution < -0.4 is 15.4 Å². The number of hydrogen-bond acceptors (Lipinski definition) is 5. The maximum Gasteiger partial charge on any atom is 0.331 e. The molecule has 0 spiro atoms. The Kier molecular flexibility index (Phi) is 8.22. The van der Waals surface area contributed by atoms with Gasteiger partial charge in [0.05, 0.1) is 0 Å². The minimum Gasteiger partial charge on any atom is -0.489 e. The summed E-state index contributed by atoms with van der Waals surface area (Å²) < 4.78 is 10.6. The highest BCUT2D eigenvalue weighted by molar-refractivity contribution is 5.96. The predicted octanol–water partition coefficient (Wildman–Crippen LogP) is 3.59. The van der Waals surface area contributed by atoms with Gasteiger partial charge >= 0.3 is 12.0 Å². The van der Waals surface area contributed by atoms with E-state index in [2.05, 4.69) is 10.6 Å². The lowest BCUT2D eigenvalue weighted by Crippen LogP contribution is -2.44. The zero-order chi connectivity index (χ0) is 21.9. The Morgan fingerprint density at radius 2 is 1.68 bits per heavy atom. The average molecular weight is 422 g/mol. The van der Waals surface area contributed by atoms with Gasteiger partial charge in [0, 0.05) is 12.1 Å². The maximum absolute atomic E-state index is 11.8. The lowest BCUT2D eigenvalue weighted by molar-refractivity contribution is -0.143. The zero-order valence-corrected chi connectivity index (χ0v) is 17.2. The predicted molar refractivity (Wildman–Crippen MR) is 116 cm³/mol. The number of amides is 3. The second kappa shape index (κ2) is 11.5. The van der Waals surface area contributed by atoms with Crippen LogP contribution in [0.3, 0.4) is 0 Å². The van der Waals surface area contributed by atoms with E-state index in [1.54, 1.807) is 6.08 Å². The summed E-state index contributed by atoms with van der Waals surface area (Å²) in [6.45, 7) is -0.0450. The molecule has 7 nitrogen and oxygen atoms in total. The van der Waals surface area contributed by atoms with E-state index in [0.717, 1.165) is 42.6 Å². The maximum atomic E-state index is 11.8. The number of urea groups is 1. The van der Waals surface area contributed by atoms with Gasteiger partial charge in [-0.3, -0.25) is 10.1 Å². The number of nitrogens with one attached hydrogen (secondary N) is 2. The van der Waals surface area contributed by atoms with Crippen molar-refractivity contribution in [3.05, 3.63) is 71.8 Å². The smallest absolute Gasteiger partial charge is 0.331 e. The summed E-state index contributed by atoms with van der Waals surface area (Å²) in [4.78, 5) is 35.2. The van der Waals surface area contributed by atoms with E-state index in [1.165, 1.54) is 6.08 Å². The summed E-state index contributed by atoms with van der Waals surface area (Å²) in [5, 5.41) is 4.89. The van der Waals surface area contributed by atoms with Crippen molar-refractivity contribution in [1.29, 1.82) is 0 Å². The van der Waals surface area contributed by atoms with Gasteiger partial charge in [-0.1, -0.05) is 55.3 Å². The number of ether oxygens (including phenoxy) is 2. The Hall–Kier alpha value is -3.61. The Labute approximate surface area is 181 Å². The van der Waals surface area contributed by atoms with E-state index >= 15 is 0 Å². The molecule has 0 unspecified atom stereocenters. The van der Waals surface area contributed by atoms with Gasteiger partial charge in [-0.15, -0.1) is 0 Å². The number of imide groups is 1. The molecular weight excluding hydrogens is 396 g/mol. The second-order valence-electron chi connectivity index (χ2n) is 7.29. The number of rotatable bonds is 8. The van der Waals surface area contributed by atoms with Crippen LogP contribution in [-0.2, 0) is 20.9 Å². The van der Waals surface area contributed by atoms with E-state index in [0.29, 0.717) is 6.61 Å². The van der Waals surface area contributed by atoms with Gasteiger partial charge in [0.25, 0.3) is 5.91 Å². The highest BCUT2D eigenvalue weighted by Gasteiger charge is 2.18. The minimum atomic E-state index is -0.671. The van der Waals surface area contributed by atoms with Crippen LogP contribution in [0.5, 0.6) is 5.75 Å². The third-order valence-electron chi connectivity index (χ3n) is 4.83. The fourth-order valence-corrected chi connectivity index (χ4v) is 3.22. The van der Waals surface area contributed by atoms with Crippen molar-refractivity contribution in [2.24, 2.45) is 0 Å². The normalized spacial score (nSPS) is 13.7. The summed E-state index contributed by atoms with van der Waals surface area (Å²) in [7, 11) is 0. The molecule has 7 heteroatoms. The highest BCUT2D eigenvalue weighted by Crippen LogP contribution is 2.17. The first kappa shape index (κ1) is 22.1. The number of hydrogen-bond donors (Lipinski definition) is 2. The van der Waals surface area contributed by atoms with Gasteiger partial charge in [-0.05, 0) is 42.2 Å². The molecule has 0 aromatic heterocycles. The topological polar surface area (TPSA) is 93.7 Å². The highest BCUT2D eigenvalue weighted by atomic mass is 16.5. The molecule has 0 atom stereocenters. The van der Waals surface area contributed by atoms with E-state index in [-0.39, 0.29) is 6.04 Å². The standard InChI is InChI=1S/C24H26N2O5/c27-22(26-24(29)25-20-8-4-5-9-20)17-31-23(28)15-12-18-10-13-21(14-11-18)30-16-19-6-2-1-3-7-19/h1-3,6-7,10-15,20H,4-5,8-9,16-17H2,(H2,25,26,27,29)/b15-12+. The molecule has 1 fully saturated rings. The van der Waals surface area contributed by atoms with Crippen molar-refractivity contribution in [2.75, 3.05) is 6.61 Å². The summed E-state index contributed by atoms with van der Waals surface area (Å²) in [5.41, 5.74) is 1.86. The average Bonchev–Trinajstić information content (AvgIpc) is 3.29. The molecule has 1 aliphatic rings. The third-order valence-corrected chi connectivity index (χ3v) is 4.83. The molecule has 2 aromatic carbocycles. The Morgan fingerprint density at radius 3 is 2.39 bits per heavy atom. The zero-order valence-electron chi connectivity index (χ0n) is 17.2. The van der Waals surface area contributed by atoms with E-state index in [1.807, 2.05) is 54.6 Å². The summed E-state index contributed by atoms with van der Waals surface area (Å²) in [6.07, 6.45) is 6.79. The van der Waals surface area contributed by atoms with Gasteiger partial charge in [-0.25, -0.2) is 9.59 Å². The summed E-state index contributed by atoms with van der Waals surface area (Å²) >= 11 is 0. The molecule has 1 saturated carbocycles. The van der Waals surface area contributed by atoms with Gasteiger partial charge < -0.3 is 14.8 Å². The second-order valence-corrected chi connectivity index (χ2v) is 7.29. The lowest BCUT2D eigenvalue weighted by Gasteiger charge is -2.12. The Morgan fingerprint density at radius 1 is 0.968 bits per heavy atom. The van der Waals surface area contributed by atoms with Gasteiger partial charge in [0.1, 0.15) is 12.4 Å². The van der Waals surface area contributed by atoms with Crippen molar-refractivity contribution in [3.8, 4) is 5.75 Å². The number of carbonyl (C=O) groups is 3. The Bertz CT molecular complexity index is 903. The molecular formula is C24H26N2O5. The Balaban J connectivity index is 1.36. The monoisotopic (exact) mass is 422 g/mol. The van der Waals surface area contributed by atoms with Crippen LogP contribution in [0, 0.1) is 0 Å². The SMILES string of the molecule is O=C(COC(=O)/C=C/c1ccc(OCc2ccccc2)cc1)NC(=O)NC1CCCC1. The van der Waals surface area contributed by atoms with E-state index in [9.17, 15) is 14.4 Å². The molecule has 2 N–H and O–H groups in total.